The molecule has 1 saturated heterocycles. The van der Waals surface area contributed by atoms with Gasteiger partial charge in [-0.2, -0.15) is 5.26 Å². The molecule has 1 aliphatic heterocycles. The van der Waals surface area contributed by atoms with E-state index in [1.54, 1.807) is 17.0 Å². The highest BCUT2D eigenvalue weighted by Crippen LogP contribution is 2.15. The number of nitrogens with one attached hydrogen (secondary N) is 1. The molecule has 0 bridgehead atoms. The summed E-state index contributed by atoms with van der Waals surface area (Å²) in [5.41, 5.74) is 0.736. The Morgan fingerprint density at radius 1 is 1.52 bits per heavy atom. The van der Waals surface area contributed by atoms with Gasteiger partial charge in [-0.05, 0) is 38.4 Å². The molecule has 0 saturated carbocycles. The van der Waals surface area contributed by atoms with Crippen LogP contribution < -0.4 is 5.32 Å². The summed E-state index contributed by atoms with van der Waals surface area (Å²) in [7, 11) is 0. The molecule has 4 nitrogen and oxygen atoms in total. The van der Waals surface area contributed by atoms with Crippen molar-refractivity contribution in [2.45, 2.75) is 38.8 Å². The van der Waals surface area contributed by atoms with Crippen molar-refractivity contribution in [1.82, 2.24) is 10.2 Å². The molecule has 1 amide bonds. The number of carbonyl (C=O) groups excluding carboxylic acids is 1. The van der Waals surface area contributed by atoms with Crippen molar-refractivity contribution in [1.29, 1.82) is 5.26 Å². The lowest BCUT2D eigenvalue weighted by Gasteiger charge is -2.29. The minimum Gasteiger partial charge on any atom is -0.337 e. The molecular weight excluding hydrogens is 269 g/mol. The van der Waals surface area contributed by atoms with E-state index < -0.39 is 5.82 Å². The van der Waals surface area contributed by atoms with Crippen molar-refractivity contribution in [3.63, 3.8) is 0 Å². The van der Waals surface area contributed by atoms with E-state index in [1.165, 1.54) is 6.07 Å². The first kappa shape index (κ1) is 15.5. The average Bonchev–Trinajstić information content (AvgIpc) is 2.54. The van der Waals surface area contributed by atoms with Crippen LogP contribution in [0.25, 0.3) is 0 Å². The SMILES string of the molecule is CCN(Cc1ccc(C#N)cc1F)C(=O)[C@H]1CCCCN1. The number of likely N-dealkylation sites (N-methyl/N-ethyl adjacent to an activating group) is 1. The number of benzene rings is 1. The van der Waals surface area contributed by atoms with Crippen LogP contribution in [0.2, 0.25) is 0 Å². The van der Waals surface area contributed by atoms with Gasteiger partial charge in [0.2, 0.25) is 5.91 Å². The molecule has 5 heteroatoms. The Labute approximate surface area is 124 Å². The molecule has 0 unspecified atom stereocenters. The third-order valence-corrected chi connectivity index (χ3v) is 3.85. The van der Waals surface area contributed by atoms with Gasteiger partial charge in [0.05, 0.1) is 17.7 Å². The Kier molecular flexibility index (Phi) is 5.29. The molecule has 112 valence electrons. The predicted molar refractivity (Wildman–Crippen MR) is 77.8 cm³/mol. The Hall–Kier alpha value is -1.93. The Balaban J connectivity index is 2.08. The number of nitrogens with zero attached hydrogens (tertiary/aromatic N) is 2. The summed E-state index contributed by atoms with van der Waals surface area (Å²) in [6.07, 6.45) is 2.98. The van der Waals surface area contributed by atoms with E-state index in [0.717, 1.165) is 25.8 Å². The zero-order valence-corrected chi connectivity index (χ0v) is 12.2. The topological polar surface area (TPSA) is 56.1 Å². The highest BCUT2D eigenvalue weighted by Gasteiger charge is 2.25. The average molecular weight is 289 g/mol. The summed E-state index contributed by atoms with van der Waals surface area (Å²) in [6.45, 7) is 3.53. The molecule has 1 fully saturated rings. The largest absolute Gasteiger partial charge is 0.337 e. The van der Waals surface area contributed by atoms with Crippen molar-refractivity contribution in [3.05, 3.63) is 35.1 Å². The number of piperidine rings is 1. The van der Waals surface area contributed by atoms with Crippen LogP contribution in [0.5, 0.6) is 0 Å². The van der Waals surface area contributed by atoms with E-state index >= 15 is 0 Å². The second-order valence-electron chi connectivity index (χ2n) is 5.27. The van der Waals surface area contributed by atoms with Crippen molar-refractivity contribution in [2.75, 3.05) is 13.1 Å². The van der Waals surface area contributed by atoms with Gasteiger partial charge >= 0.3 is 0 Å². The fourth-order valence-corrected chi connectivity index (χ4v) is 2.58. The van der Waals surface area contributed by atoms with Crippen LogP contribution in [0.4, 0.5) is 4.39 Å². The highest BCUT2D eigenvalue weighted by atomic mass is 19.1. The van der Waals surface area contributed by atoms with E-state index in [-0.39, 0.29) is 18.5 Å². The summed E-state index contributed by atoms with van der Waals surface area (Å²) >= 11 is 0. The van der Waals surface area contributed by atoms with Gasteiger partial charge in [0.1, 0.15) is 5.82 Å². The first-order chi connectivity index (χ1) is 10.2. The zero-order valence-electron chi connectivity index (χ0n) is 12.2. The molecule has 0 radical (unpaired) electrons. The Bertz CT molecular complexity index is 547. The van der Waals surface area contributed by atoms with Gasteiger partial charge < -0.3 is 10.2 Å². The van der Waals surface area contributed by atoms with Crippen LogP contribution in [-0.4, -0.2) is 29.9 Å². The smallest absolute Gasteiger partial charge is 0.239 e. The first-order valence-electron chi connectivity index (χ1n) is 7.36. The van der Waals surface area contributed by atoms with Crippen molar-refractivity contribution < 1.29 is 9.18 Å². The quantitative estimate of drug-likeness (QED) is 0.924. The van der Waals surface area contributed by atoms with E-state index in [4.69, 9.17) is 5.26 Å². The van der Waals surface area contributed by atoms with Crippen molar-refractivity contribution >= 4 is 5.91 Å². The predicted octanol–water partition coefficient (Wildman–Crippen LogP) is 2.19. The van der Waals surface area contributed by atoms with Gasteiger partial charge in [-0.3, -0.25) is 4.79 Å². The van der Waals surface area contributed by atoms with E-state index in [2.05, 4.69) is 5.32 Å². The van der Waals surface area contributed by atoms with Crippen molar-refractivity contribution in [3.8, 4) is 6.07 Å². The Morgan fingerprint density at radius 3 is 2.90 bits per heavy atom. The summed E-state index contributed by atoms with van der Waals surface area (Å²) in [5.74, 6) is -0.405. The lowest BCUT2D eigenvalue weighted by atomic mass is 10.0. The van der Waals surface area contributed by atoms with Gasteiger partial charge in [-0.15, -0.1) is 0 Å². The van der Waals surface area contributed by atoms with Crippen LogP contribution in [0.1, 0.15) is 37.3 Å². The summed E-state index contributed by atoms with van der Waals surface area (Å²) < 4.78 is 13.9. The number of hydrogen-bond acceptors (Lipinski definition) is 3. The normalized spacial score (nSPS) is 18.0. The van der Waals surface area contributed by atoms with Crippen LogP contribution in [0, 0.1) is 17.1 Å². The van der Waals surface area contributed by atoms with Crippen LogP contribution >= 0.6 is 0 Å². The van der Waals surface area contributed by atoms with Crippen LogP contribution in [0.15, 0.2) is 18.2 Å². The summed E-state index contributed by atoms with van der Waals surface area (Å²) in [4.78, 5) is 14.1. The molecular formula is C16H20FN3O. The third-order valence-electron chi connectivity index (χ3n) is 3.85. The molecule has 21 heavy (non-hydrogen) atoms. The Morgan fingerprint density at radius 2 is 2.33 bits per heavy atom. The molecule has 2 rings (SSSR count). The highest BCUT2D eigenvalue weighted by molar-refractivity contribution is 5.82. The second kappa shape index (κ2) is 7.19. The summed E-state index contributed by atoms with van der Waals surface area (Å²) in [6, 6.07) is 6.13. The zero-order chi connectivity index (χ0) is 15.2. The number of carbonyl (C=O) groups is 1. The number of rotatable bonds is 4. The minimum absolute atomic E-state index is 0.0287. The molecule has 0 spiro atoms. The number of amides is 1. The molecule has 1 N–H and O–H groups in total. The van der Waals surface area contributed by atoms with Crippen LogP contribution in [-0.2, 0) is 11.3 Å². The monoisotopic (exact) mass is 289 g/mol. The first-order valence-corrected chi connectivity index (χ1v) is 7.36. The molecule has 1 aliphatic rings. The maximum Gasteiger partial charge on any atom is 0.239 e. The van der Waals surface area contributed by atoms with Gasteiger partial charge in [0, 0.05) is 18.7 Å². The molecule has 1 aromatic rings. The lowest BCUT2D eigenvalue weighted by molar-refractivity contribution is -0.134. The summed E-state index contributed by atoms with van der Waals surface area (Å²) in [5, 5.41) is 12.0. The van der Waals surface area contributed by atoms with Gasteiger partial charge in [-0.1, -0.05) is 12.5 Å². The molecule has 1 atom stereocenters. The van der Waals surface area contributed by atoms with Gasteiger partial charge in [0.15, 0.2) is 0 Å². The number of hydrogen-bond donors (Lipinski definition) is 1. The fraction of sp³-hybridized carbons (Fsp3) is 0.500. The minimum atomic E-state index is -0.433. The maximum absolute atomic E-state index is 13.9. The second-order valence-corrected chi connectivity index (χ2v) is 5.27. The van der Waals surface area contributed by atoms with Crippen LogP contribution in [0.3, 0.4) is 0 Å². The molecule has 0 aliphatic carbocycles. The number of halogens is 1. The van der Waals surface area contributed by atoms with Gasteiger partial charge in [-0.25, -0.2) is 4.39 Å². The van der Waals surface area contributed by atoms with Gasteiger partial charge in [0.25, 0.3) is 0 Å². The fourth-order valence-electron chi connectivity index (χ4n) is 2.58. The standard InChI is InChI=1S/C16H20FN3O/c1-2-20(16(21)15-5-3-4-8-19-15)11-13-7-6-12(10-18)9-14(13)17/h6-7,9,15,19H,2-5,8,11H2,1H3/t15-/m1/s1. The van der Waals surface area contributed by atoms with E-state index in [9.17, 15) is 9.18 Å². The maximum atomic E-state index is 13.9. The van der Waals surface area contributed by atoms with E-state index in [0.29, 0.717) is 17.7 Å². The lowest BCUT2D eigenvalue weighted by Crippen LogP contribution is -2.48. The number of nitriles is 1. The molecule has 1 aromatic carbocycles. The third kappa shape index (κ3) is 3.79. The van der Waals surface area contributed by atoms with E-state index in [1.807, 2.05) is 13.0 Å². The van der Waals surface area contributed by atoms with Crippen molar-refractivity contribution in [2.24, 2.45) is 0 Å². The molecule has 1 heterocycles. The molecule has 0 aromatic heterocycles.